The number of nitrogens with zero attached hydrogens (tertiary/aromatic N) is 1. The van der Waals surface area contributed by atoms with Crippen LogP contribution in [0, 0.1) is 12.8 Å². The molecule has 29 heavy (non-hydrogen) atoms. The SMILES string of the molecule is Cc1ccccc1C(=O)NC(C(=O)Nc1ccc(N2CCCCC2)cc1)C(C)C. The van der Waals surface area contributed by atoms with Gasteiger partial charge in [0, 0.05) is 30.0 Å². The van der Waals surface area contributed by atoms with E-state index in [1.54, 1.807) is 6.07 Å². The van der Waals surface area contributed by atoms with E-state index in [9.17, 15) is 9.59 Å². The van der Waals surface area contributed by atoms with E-state index in [0.29, 0.717) is 5.56 Å². The molecule has 1 saturated heterocycles. The molecule has 0 spiro atoms. The van der Waals surface area contributed by atoms with Crippen LogP contribution in [0.4, 0.5) is 11.4 Å². The first-order valence-corrected chi connectivity index (χ1v) is 10.5. The number of benzene rings is 2. The van der Waals surface area contributed by atoms with Crippen LogP contribution >= 0.6 is 0 Å². The summed E-state index contributed by atoms with van der Waals surface area (Å²) < 4.78 is 0. The highest BCUT2D eigenvalue weighted by Gasteiger charge is 2.25. The fourth-order valence-corrected chi connectivity index (χ4v) is 3.71. The highest BCUT2D eigenvalue weighted by Crippen LogP contribution is 2.22. The molecule has 2 amide bonds. The lowest BCUT2D eigenvalue weighted by molar-refractivity contribution is -0.118. The van der Waals surface area contributed by atoms with Crippen molar-refractivity contribution in [2.24, 2.45) is 5.92 Å². The first kappa shape index (κ1) is 20.9. The highest BCUT2D eigenvalue weighted by molar-refractivity contribution is 6.02. The van der Waals surface area contributed by atoms with Crippen molar-refractivity contribution in [3.63, 3.8) is 0 Å². The standard InChI is InChI=1S/C24H31N3O2/c1-17(2)22(26-23(28)21-10-6-5-9-18(21)3)24(29)25-19-11-13-20(14-12-19)27-15-7-4-8-16-27/h5-6,9-14,17,22H,4,7-8,15-16H2,1-3H3,(H,25,29)(H,26,28). The largest absolute Gasteiger partial charge is 0.372 e. The number of nitrogens with one attached hydrogen (secondary N) is 2. The average molecular weight is 394 g/mol. The monoisotopic (exact) mass is 393 g/mol. The highest BCUT2D eigenvalue weighted by atomic mass is 16.2. The van der Waals surface area contributed by atoms with Gasteiger partial charge in [-0.05, 0) is 68.0 Å². The van der Waals surface area contributed by atoms with Crippen LogP contribution in [0.5, 0.6) is 0 Å². The summed E-state index contributed by atoms with van der Waals surface area (Å²) in [7, 11) is 0. The van der Waals surface area contributed by atoms with Crippen LogP contribution in [0.15, 0.2) is 48.5 Å². The van der Waals surface area contributed by atoms with Gasteiger partial charge in [0.25, 0.3) is 5.91 Å². The van der Waals surface area contributed by atoms with Crippen molar-refractivity contribution in [2.45, 2.75) is 46.1 Å². The Morgan fingerprint density at radius 1 is 0.931 bits per heavy atom. The molecule has 0 aromatic heterocycles. The first-order chi connectivity index (χ1) is 14.0. The molecule has 0 radical (unpaired) electrons. The van der Waals surface area contributed by atoms with Crippen LogP contribution in [0.3, 0.4) is 0 Å². The Morgan fingerprint density at radius 2 is 1.59 bits per heavy atom. The van der Waals surface area contributed by atoms with Crippen molar-refractivity contribution in [3.8, 4) is 0 Å². The van der Waals surface area contributed by atoms with E-state index in [2.05, 4.69) is 27.7 Å². The summed E-state index contributed by atoms with van der Waals surface area (Å²) in [4.78, 5) is 27.9. The van der Waals surface area contributed by atoms with Gasteiger partial charge < -0.3 is 15.5 Å². The first-order valence-electron chi connectivity index (χ1n) is 10.5. The topological polar surface area (TPSA) is 61.4 Å². The summed E-state index contributed by atoms with van der Waals surface area (Å²) in [6.07, 6.45) is 3.76. The minimum Gasteiger partial charge on any atom is -0.372 e. The van der Waals surface area contributed by atoms with E-state index in [-0.39, 0.29) is 17.7 Å². The number of amides is 2. The second-order valence-corrected chi connectivity index (χ2v) is 8.09. The lowest BCUT2D eigenvalue weighted by Gasteiger charge is -2.29. The maximum atomic E-state index is 12.9. The number of hydrogen-bond donors (Lipinski definition) is 2. The van der Waals surface area contributed by atoms with Crippen LogP contribution < -0.4 is 15.5 Å². The van der Waals surface area contributed by atoms with Crippen molar-refractivity contribution >= 4 is 23.2 Å². The molecule has 2 aromatic rings. The van der Waals surface area contributed by atoms with Gasteiger partial charge in [-0.1, -0.05) is 32.0 Å². The van der Waals surface area contributed by atoms with Crippen LogP contribution in [0.25, 0.3) is 0 Å². The summed E-state index contributed by atoms with van der Waals surface area (Å²) in [5, 5.41) is 5.85. The zero-order valence-electron chi connectivity index (χ0n) is 17.6. The summed E-state index contributed by atoms with van der Waals surface area (Å²) in [5.74, 6) is -0.458. The number of carbonyl (C=O) groups is 2. The lowest BCUT2D eigenvalue weighted by atomic mass is 10.0. The molecule has 0 bridgehead atoms. The third-order valence-electron chi connectivity index (χ3n) is 5.48. The quantitative estimate of drug-likeness (QED) is 0.766. The van der Waals surface area contributed by atoms with Gasteiger partial charge in [-0.25, -0.2) is 0 Å². The zero-order chi connectivity index (χ0) is 20.8. The predicted molar refractivity (Wildman–Crippen MR) is 118 cm³/mol. The Labute approximate surface area is 173 Å². The third kappa shape index (κ3) is 5.37. The van der Waals surface area contributed by atoms with Gasteiger partial charge in [-0.3, -0.25) is 9.59 Å². The molecule has 3 rings (SSSR count). The number of rotatable bonds is 6. The molecule has 1 atom stereocenters. The van der Waals surface area contributed by atoms with Gasteiger partial charge >= 0.3 is 0 Å². The summed E-state index contributed by atoms with van der Waals surface area (Å²) >= 11 is 0. The van der Waals surface area contributed by atoms with Crippen molar-refractivity contribution in [3.05, 3.63) is 59.7 Å². The van der Waals surface area contributed by atoms with Gasteiger partial charge in [0.05, 0.1) is 0 Å². The number of hydrogen-bond acceptors (Lipinski definition) is 3. The van der Waals surface area contributed by atoms with Crippen LogP contribution in [-0.2, 0) is 4.79 Å². The molecule has 0 aliphatic carbocycles. The van der Waals surface area contributed by atoms with E-state index in [4.69, 9.17) is 0 Å². The van der Waals surface area contributed by atoms with Crippen molar-refractivity contribution in [1.29, 1.82) is 0 Å². The van der Waals surface area contributed by atoms with Gasteiger partial charge in [0.2, 0.25) is 5.91 Å². The molecule has 2 aromatic carbocycles. The minimum absolute atomic E-state index is 0.0319. The molecule has 1 aliphatic rings. The van der Waals surface area contributed by atoms with E-state index < -0.39 is 6.04 Å². The second-order valence-electron chi connectivity index (χ2n) is 8.09. The smallest absolute Gasteiger partial charge is 0.252 e. The van der Waals surface area contributed by atoms with Gasteiger partial charge in [-0.15, -0.1) is 0 Å². The Balaban J connectivity index is 1.65. The molecule has 154 valence electrons. The minimum atomic E-state index is -0.608. The van der Waals surface area contributed by atoms with Crippen molar-refractivity contribution in [1.82, 2.24) is 5.32 Å². The zero-order valence-corrected chi connectivity index (χ0v) is 17.6. The molecule has 2 N–H and O–H groups in total. The fourth-order valence-electron chi connectivity index (χ4n) is 3.71. The number of aryl methyl sites for hydroxylation is 1. The molecule has 1 aliphatic heterocycles. The van der Waals surface area contributed by atoms with E-state index in [1.165, 1.54) is 24.9 Å². The summed E-state index contributed by atoms with van der Waals surface area (Å²) in [6.45, 7) is 7.94. The van der Waals surface area contributed by atoms with Gasteiger partial charge in [0.1, 0.15) is 6.04 Å². The van der Waals surface area contributed by atoms with E-state index in [1.807, 2.05) is 51.1 Å². The molecular formula is C24H31N3O2. The average Bonchev–Trinajstić information content (AvgIpc) is 2.73. The molecule has 1 heterocycles. The van der Waals surface area contributed by atoms with Crippen LogP contribution in [0.2, 0.25) is 0 Å². The molecule has 5 nitrogen and oxygen atoms in total. The fraction of sp³-hybridized carbons (Fsp3) is 0.417. The van der Waals surface area contributed by atoms with Gasteiger partial charge in [0.15, 0.2) is 0 Å². The van der Waals surface area contributed by atoms with E-state index >= 15 is 0 Å². The maximum absolute atomic E-state index is 12.9. The third-order valence-corrected chi connectivity index (χ3v) is 5.48. The van der Waals surface area contributed by atoms with Crippen LogP contribution in [-0.4, -0.2) is 30.9 Å². The summed E-state index contributed by atoms with van der Waals surface area (Å²) in [6, 6.07) is 14.8. The molecule has 5 heteroatoms. The normalized spacial score (nSPS) is 15.1. The Bertz CT molecular complexity index is 839. The summed E-state index contributed by atoms with van der Waals surface area (Å²) in [5.41, 5.74) is 3.42. The van der Waals surface area contributed by atoms with E-state index in [0.717, 1.165) is 24.3 Å². The molecule has 0 saturated carbocycles. The second kappa shape index (κ2) is 9.59. The Morgan fingerprint density at radius 3 is 2.21 bits per heavy atom. The van der Waals surface area contributed by atoms with Crippen molar-refractivity contribution < 1.29 is 9.59 Å². The molecule has 1 unspecified atom stereocenters. The maximum Gasteiger partial charge on any atom is 0.252 e. The van der Waals surface area contributed by atoms with Gasteiger partial charge in [-0.2, -0.15) is 0 Å². The number of piperidine rings is 1. The molecular weight excluding hydrogens is 362 g/mol. The van der Waals surface area contributed by atoms with Crippen molar-refractivity contribution in [2.75, 3.05) is 23.3 Å². The predicted octanol–water partition coefficient (Wildman–Crippen LogP) is 4.38. The molecule has 1 fully saturated rings. The number of carbonyl (C=O) groups excluding carboxylic acids is 2. The Kier molecular flexibility index (Phi) is 6.91. The number of anilines is 2. The van der Waals surface area contributed by atoms with Crippen LogP contribution in [0.1, 0.15) is 49.0 Å². The lowest BCUT2D eigenvalue weighted by Crippen LogP contribution is -2.47. The Hall–Kier alpha value is -2.82.